The highest BCUT2D eigenvalue weighted by atomic mass is 35.5. The molecule has 0 amide bonds. The summed E-state index contributed by atoms with van der Waals surface area (Å²) in [6.45, 7) is 2.30. The molecule has 3 heterocycles. The third kappa shape index (κ3) is 4.21. The van der Waals surface area contributed by atoms with Crippen LogP contribution >= 0.6 is 23.4 Å². The summed E-state index contributed by atoms with van der Waals surface area (Å²) in [5, 5.41) is 11.2. The SMILES string of the molecule is Nc1ncnc2c(CN3C[C@H](CSCc4ccc(Cl)cc4)[C@H](O)C3)c[nH]c12. The molecule has 1 fully saturated rings. The summed E-state index contributed by atoms with van der Waals surface area (Å²) in [4.78, 5) is 13.8. The van der Waals surface area contributed by atoms with E-state index in [-0.39, 0.29) is 12.0 Å². The zero-order chi connectivity index (χ0) is 18.8. The van der Waals surface area contributed by atoms with Crippen LogP contribution in [0.2, 0.25) is 5.02 Å². The van der Waals surface area contributed by atoms with Gasteiger partial charge in [-0.05, 0) is 17.7 Å². The van der Waals surface area contributed by atoms with Gasteiger partial charge in [-0.1, -0.05) is 23.7 Å². The summed E-state index contributed by atoms with van der Waals surface area (Å²) in [6, 6.07) is 7.94. The number of nitrogens with one attached hydrogen (secondary N) is 1. The number of nitrogen functional groups attached to an aromatic ring is 1. The Bertz CT molecular complexity index is 916. The number of benzene rings is 1. The van der Waals surface area contributed by atoms with Crippen LogP contribution in [0, 0.1) is 5.92 Å². The first-order valence-corrected chi connectivity index (χ1v) is 10.4. The minimum atomic E-state index is -0.299. The second kappa shape index (κ2) is 8.06. The Kier molecular flexibility index (Phi) is 5.54. The Morgan fingerprint density at radius 1 is 1.26 bits per heavy atom. The molecule has 1 saturated heterocycles. The fraction of sp³-hybridized carbons (Fsp3) is 0.368. The molecule has 0 aliphatic carbocycles. The largest absolute Gasteiger partial charge is 0.391 e. The normalized spacial score (nSPS) is 20.5. The monoisotopic (exact) mass is 403 g/mol. The first-order chi connectivity index (χ1) is 13.1. The van der Waals surface area contributed by atoms with Gasteiger partial charge in [0.2, 0.25) is 0 Å². The van der Waals surface area contributed by atoms with Crippen molar-refractivity contribution >= 4 is 40.2 Å². The van der Waals surface area contributed by atoms with Gasteiger partial charge in [0.05, 0.1) is 11.6 Å². The molecule has 4 N–H and O–H groups in total. The lowest BCUT2D eigenvalue weighted by molar-refractivity contribution is 0.149. The Hall–Kier alpha value is -1.80. The smallest absolute Gasteiger partial charge is 0.151 e. The highest BCUT2D eigenvalue weighted by molar-refractivity contribution is 7.98. The number of aliphatic hydroxyl groups is 1. The maximum atomic E-state index is 10.5. The molecule has 4 rings (SSSR count). The zero-order valence-corrected chi connectivity index (χ0v) is 16.4. The molecule has 0 radical (unpaired) electrons. The molecule has 0 saturated carbocycles. The topological polar surface area (TPSA) is 91.1 Å². The molecule has 1 aliphatic rings. The summed E-state index contributed by atoms with van der Waals surface area (Å²) in [5.74, 6) is 2.60. The third-order valence-corrected chi connectivity index (χ3v) is 6.41. The second-order valence-corrected chi connectivity index (χ2v) is 8.43. The number of β-amino-alcohol motifs (C(OH)–C–C–N with tert-alkyl or cyclic N) is 1. The van der Waals surface area contributed by atoms with E-state index in [0.717, 1.165) is 46.2 Å². The molecule has 142 valence electrons. The van der Waals surface area contributed by atoms with Crippen LogP contribution in [-0.2, 0) is 12.3 Å². The molecule has 3 aromatic rings. The molecule has 6 nitrogen and oxygen atoms in total. The van der Waals surface area contributed by atoms with Crippen molar-refractivity contribution < 1.29 is 5.11 Å². The predicted octanol–water partition coefficient (Wildman–Crippen LogP) is 2.92. The number of likely N-dealkylation sites (tertiary alicyclic amines) is 1. The molecular formula is C19H22ClN5OS. The van der Waals surface area contributed by atoms with E-state index in [1.165, 1.54) is 11.9 Å². The first kappa shape index (κ1) is 18.6. The highest BCUT2D eigenvalue weighted by Gasteiger charge is 2.31. The van der Waals surface area contributed by atoms with Crippen LogP contribution in [0.15, 0.2) is 36.8 Å². The van der Waals surface area contributed by atoms with Crippen molar-refractivity contribution in [2.24, 2.45) is 5.92 Å². The summed E-state index contributed by atoms with van der Waals surface area (Å²) < 4.78 is 0. The molecule has 0 unspecified atom stereocenters. The van der Waals surface area contributed by atoms with Gasteiger partial charge in [0.25, 0.3) is 0 Å². The Morgan fingerprint density at radius 2 is 2.07 bits per heavy atom. The molecule has 0 spiro atoms. The number of nitrogens with zero attached hydrogens (tertiary/aromatic N) is 3. The number of thioether (sulfide) groups is 1. The minimum Gasteiger partial charge on any atom is -0.391 e. The van der Waals surface area contributed by atoms with Crippen LogP contribution in [0.4, 0.5) is 5.82 Å². The standard InChI is InChI=1S/C19H22ClN5OS/c20-15-3-1-12(2-4-15)9-27-10-14-7-25(8-16(14)26)6-13-5-22-18-17(13)23-11-24-19(18)21/h1-5,11,14,16,22,26H,6-10H2,(H2,21,23,24)/t14-,16-/m1/s1. The van der Waals surface area contributed by atoms with E-state index in [4.69, 9.17) is 17.3 Å². The number of fused-ring (bicyclic) bond motifs is 1. The van der Waals surface area contributed by atoms with Gasteiger partial charge in [-0.2, -0.15) is 11.8 Å². The number of H-pyrrole nitrogens is 1. The predicted molar refractivity (Wildman–Crippen MR) is 111 cm³/mol. The maximum absolute atomic E-state index is 10.5. The van der Waals surface area contributed by atoms with E-state index in [9.17, 15) is 5.11 Å². The molecule has 2 aromatic heterocycles. The Labute approximate surface area is 167 Å². The van der Waals surface area contributed by atoms with Crippen LogP contribution in [0.5, 0.6) is 0 Å². The van der Waals surface area contributed by atoms with Crippen molar-refractivity contribution in [1.82, 2.24) is 19.9 Å². The van der Waals surface area contributed by atoms with Gasteiger partial charge in [0.1, 0.15) is 11.8 Å². The summed E-state index contributed by atoms with van der Waals surface area (Å²) in [7, 11) is 0. The van der Waals surface area contributed by atoms with Crippen molar-refractivity contribution in [1.29, 1.82) is 0 Å². The Morgan fingerprint density at radius 3 is 2.89 bits per heavy atom. The van der Waals surface area contributed by atoms with E-state index in [2.05, 4.69) is 32.0 Å². The molecule has 27 heavy (non-hydrogen) atoms. The lowest BCUT2D eigenvalue weighted by Crippen LogP contribution is -2.21. The van der Waals surface area contributed by atoms with Gasteiger partial charge in [-0.25, -0.2) is 9.97 Å². The van der Waals surface area contributed by atoms with E-state index >= 15 is 0 Å². The average molecular weight is 404 g/mol. The van der Waals surface area contributed by atoms with Gasteiger partial charge in [-0.3, -0.25) is 4.90 Å². The number of hydrogen-bond donors (Lipinski definition) is 3. The molecular weight excluding hydrogens is 382 g/mol. The lowest BCUT2D eigenvalue weighted by atomic mass is 10.1. The first-order valence-electron chi connectivity index (χ1n) is 8.89. The van der Waals surface area contributed by atoms with Gasteiger partial charge < -0.3 is 15.8 Å². The quantitative estimate of drug-likeness (QED) is 0.586. The van der Waals surface area contributed by atoms with Crippen LogP contribution < -0.4 is 5.73 Å². The van der Waals surface area contributed by atoms with Gasteiger partial charge in [-0.15, -0.1) is 0 Å². The number of aromatic nitrogens is 3. The molecule has 0 bridgehead atoms. The van der Waals surface area contributed by atoms with Gasteiger partial charge >= 0.3 is 0 Å². The average Bonchev–Trinajstić information content (AvgIpc) is 3.22. The molecule has 2 atom stereocenters. The fourth-order valence-corrected chi connectivity index (χ4v) is 4.82. The van der Waals surface area contributed by atoms with Gasteiger partial charge in [0.15, 0.2) is 5.82 Å². The number of aliphatic hydroxyl groups excluding tert-OH is 1. The van der Waals surface area contributed by atoms with E-state index in [0.29, 0.717) is 12.4 Å². The number of hydrogen-bond acceptors (Lipinski definition) is 6. The molecule has 1 aliphatic heterocycles. The van der Waals surface area contributed by atoms with Crippen LogP contribution in [0.1, 0.15) is 11.1 Å². The summed E-state index contributed by atoms with van der Waals surface area (Å²) in [6.07, 6.45) is 3.13. The van der Waals surface area contributed by atoms with Crippen LogP contribution in [-0.4, -0.2) is 49.9 Å². The van der Waals surface area contributed by atoms with E-state index < -0.39 is 0 Å². The number of nitrogens with two attached hydrogens (primary N) is 1. The Balaban J connectivity index is 1.32. The number of halogens is 1. The third-order valence-electron chi connectivity index (χ3n) is 4.96. The minimum absolute atomic E-state index is 0.271. The fourth-order valence-electron chi connectivity index (χ4n) is 3.52. The maximum Gasteiger partial charge on any atom is 0.151 e. The molecule has 1 aromatic carbocycles. The zero-order valence-electron chi connectivity index (χ0n) is 14.8. The number of anilines is 1. The van der Waals surface area contributed by atoms with Gasteiger partial charge in [0, 0.05) is 53.8 Å². The summed E-state index contributed by atoms with van der Waals surface area (Å²) in [5.41, 5.74) is 9.86. The summed E-state index contributed by atoms with van der Waals surface area (Å²) >= 11 is 7.78. The van der Waals surface area contributed by atoms with Crippen LogP contribution in [0.3, 0.4) is 0 Å². The van der Waals surface area contributed by atoms with Crippen LogP contribution in [0.25, 0.3) is 11.0 Å². The number of rotatable bonds is 6. The van der Waals surface area contributed by atoms with E-state index in [1.807, 2.05) is 30.1 Å². The highest BCUT2D eigenvalue weighted by Crippen LogP contribution is 2.27. The molecule has 8 heteroatoms. The van der Waals surface area contributed by atoms with E-state index in [1.54, 1.807) is 0 Å². The lowest BCUT2D eigenvalue weighted by Gasteiger charge is -2.15. The van der Waals surface area contributed by atoms with Crippen molar-refractivity contribution in [2.75, 3.05) is 24.6 Å². The van der Waals surface area contributed by atoms with Crippen molar-refractivity contribution in [3.8, 4) is 0 Å². The number of aromatic amines is 1. The van der Waals surface area contributed by atoms with Crippen molar-refractivity contribution in [3.05, 3.63) is 52.9 Å². The van der Waals surface area contributed by atoms with Crippen molar-refractivity contribution in [3.63, 3.8) is 0 Å². The second-order valence-electron chi connectivity index (χ2n) is 6.96. The van der Waals surface area contributed by atoms with Crippen molar-refractivity contribution in [2.45, 2.75) is 18.4 Å².